The third-order valence-corrected chi connectivity index (χ3v) is 1.31. The van der Waals surface area contributed by atoms with E-state index in [0.29, 0.717) is 4.90 Å². The highest BCUT2D eigenvalue weighted by Crippen LogP contribution is 1.93. The first-order valence-corrected chi connectivity index (χ1v) is 2.98. The highest BCUT2D eigenvalue weighted by atomic mass is 16.2. The Labute approximate surface area is 62.3 Å². The Morgan fingerprint density at radius 3 is 2.64 bits per heavy atom. The summed E-state index contributed by atoms with van der Waals surface area (Å²) in [5, 5.41) is 2.28. The Balaban J connectivity index is 2.69. The molecule has 1 aliphatic heterocycles. The van der Waals surface area contributed by atoms with Gasteiger partial charge in [-0.25, -0.2) is 4.79 Å². The normalized spacial score (nSPS) is 18.0. The smallest absolute Gasteiger partial charge is 0.322 e. The van der Waals surface area contributed by atoms with Gasteiger partial charge < -0.3 is 11.1 Å². The van der Waals surface area contributed by atoms with Gasteiger partial charge in [-0.3, -0.25) is 14.5 Å². The number of nitrogens with one attached hydrogen (secondary N) is 1. The number of piperazine rings is 1. The number of nitrogens with zero attached hydrogens (tertiary/aromatic N) is 1. The van der Waals surface area contributed by atoms with Crippen molar-refractivity contribution in [2.45, 2.75) is 0 Å². The van der Waals surface area contributed by atoms with Crippen molar-refractivity contribution in [2.75, 3.05) is 13.1 Å². The summed E-state index contributed by atoms with van der Waals surface area (Å²) in [6.07, 6.45) is 0. The molecule has 0 aromatic carbocycles. The molecule has 0 aromatic heterocycles. The maximum atomic E-state index is 10.8. The van der Waals surface area contributed by atoms with Crippen molar-refractivity contribution in [2.24, 2.45) is 5.73 Å². The maximum Gasteiger partial charge on any atom is 0.322 e. The lowest BCUT2D eigenvalue weighted by atomic mass is 10.3. The van der Waals surface area contributed by atoms with Crippen molar-refractivity contribution in [3.63, 3.8) is 0 Å². The standard InChI is InChI=1S/C5H7N3O3/c6-5(11)8-2-3(9)7-1-4(8)10/h1-2H2,(H2,6,11)(H,7,9). The molecule has 1 saturated heterocycles. The molecule has 60 valence electrons. The van der Waals surface area contributed by atoms with Gasteiger partial charge in [0.2, 0.25) is 11.8 Å². The van der Waals surface area contributed by atoms with Gasteiger partial charge in [-0.15, -0.1) is 0 Å². The topological polar surface area (TPSA) is 92.5 Å². The van der Waals surface area contributed by atoms with Crippen molar-refractivity contribution in [1.29, 1.82) is 0 Å². The van der Waals surface area contributed by atoms with Gasteiger partial charge in [-0.05, 0) is 0 Å². The number of hydrogen-bond acceptors (Lipinski definition) is 3. The lowest BCUT2D eigenvalue weighted by Gasteiger charge is -2.22. The van der Waals surface area contributed by atoms with Gasteiger partial charge in [0.15, 0.2) is 0 Å². The van der Waals surface area contributed by atoms with E-state index in [4.69, 9.17) is 5.73 Å². The minimum Gasteiger partial charge on any atom is -0.351 e. The van der Waals surface area contributed by atoms with Crippen molar-refractivity contribution < 1.29 is 14.4 Å². The van der Waals surface area contributed by atoms with E-state index >= 15 is 0 Å². The van der Waals surface area contributed by atoms with Crippen LogP contribution in [0.25, 0.3) is 0 Å². The number of urea groups is 1. The number of primary amides is 1. The second-order valence-corrected chi connectivity index (χ2v) is 2.09. The zero-order valence-corrected chi connectivity index (χ0v) is 5.66. The van der Waals surface area contributed by atoms with Crippen molar-refractivity contribution in [1.82, 2.24) is 10.2 Å². The quantitative estimate of drug-likeness (QED) is 0.427. The Bertz CT molecular complexity index is 225. The summed E-state index contributed by atoms with van der Waals surface area (Å²) in [4.78, 5) is 32.6. The Morgan fingerprint density at radius 1 is 1.55 bits per heavy atom. The molecule has 1 fully saturated rings. The van der Waals surface area contributed by atoms with Crippen LogP contribution in [0.3, 0.4) is 0 Å². The van der Waals surface area contributed by atoms with Gasteiger partial charge in [0.05, 0.1) is 6.54 Å². The zero-order chi connectivity index (χ0) is 8.43. The van der Waals surface area contributed by atoms with Gasteiger partial charge in [-0.2, -0.15) is 0 Å². The Hall–Kier alpha value is -1.59. The Morgan fingerprint density at radius 2 is 2.18 bits per heavy atom. The number of carbonyl (C=O) groups is 3. The molecule has 0 bridgehead atoms. The van der Waals surface area contributed by atoms with E-state index in [1.807, 2.05) is 0 Å². The number of carbonyl (C=O) groups excluding carboxylic acids is 3. The number of rotatable bonds is 0. The van der Waals surface area contributed by atoms with E-state index in [0.717, 1.165) is 0 Å². The van der Waals surface area contributed by atoms with Crippen LogP contribution >= 0.6 is 0 Å². The first kappa shape index (κ1) is 7.52. The summed E-state index contributed by atoms with van der Waals surface area (Å²) in [6, 6.07) is -0.884. The molecule has 11 heavy (non-hydrogen) atoms. The fourth-order valence-electron chi connectivity index (χ4n) is 0.758. The predicted molar refractivity (Wildman–Crippen MR) is 34.3 cm³/mol. The fraction of sp³-hybridized carbons (Fsp3) is 0.400. The number of hydrogen-bond donors (Lipinski definition) is 2. The van der Waals surface area contributed by atoms with Crippen molar-refractivity contribution in [3.05, 3.63) is 0 Å². The van der Waals surface area contributed by atoms with Crippen LogP contribution in [0.4, 0.5) is 4.79 Å². The average molecular weight is 157 g/mol. The lowest BCUT2D eigenvalue weighted by molar-refractivity contribution is -0.137. The van der Waals surface area contributed by atoms with Crippen molar-refractivity contribution >= 4 is 17.8 Å². The fourth-order valence-corrected chi connectivity index (χ4v) is 0.758. The van der Waals surface area contributed by atoms with E-state index in [-0.39, 0.29) is 19.0 Å². The van der Waals surface area contributed by atoms with Gasteiger partial charge in [-0.1, -0.05) is 0 Å². The van der Waals surface area contributed by atoms with Crippen molar-refractivity contribution in [3.8, 4) is 0 Å². The highest BCUT2D eigenvalue weighted by molar-refractivity contribution is 6.02. The monoisotopic (exact) mass is 157 g/mol. The van der Waals surface area contributed by atoms with E-state index in [9.17, 15) is 14.4 Å². The zero-order valence-electron chi connectivity index (χ0n) is 5.66. The van der Waals surface area contributed by atoms with Crippen LogP contribution < -0.4 is 11.1 Å². The minimum atomic E-state index is -0.884. The first-order chi connectivity index (χ1) is 5.11. The average Bonchev–Trinajstić information content (AvgIpc) is 1.94. The molecule has 0 spiro atoms. The van der Waals surface area contributed by atoms with E-state index < -0.39 is 11.9 Å². The number of nitrogens with two attached hydrogens (primary N) is 1. The molecule has 0 aromatic rings. The number of imide groups is 1. The van der Waals surface area contributed by atoms with E-state index in [1.165, 1.54) is 0 Å². The van der Waals surface area contributed by atoms with Crippen LogP contribution in [0.2, 0.25) is 0 Å². The molecule has 6 nitrogen and oxygen atoms in total. The molecule has 0 unspecified atom stereocenters. The SMILES string of the molecule is NC(=O)N1CC(=O)NCC1=O. The summed E-state index contributed by atoms with van der Waals surface area (Å²) in [7, 11) is 0. The van der Waals surface area contributed by atoms with Crippen LogP contribution in [0, 0.1) is 0 Å². The molecule has 0 atom stereocenters. The summed E-state index contributed by atoms with van der Waals surface area (Å²) >= 11 is 0. The molecule has 0 aliphatic carbocycles. The molecule has 6 heteroatoms. The third-order valence-electron chi connectivity index (χ3n) is 1.31. The molecule has 3 N–H and O–H groups in total. The van der Waals surface area contributed by atoms with Crippen LogP contribution in [0.5, 0.6) is 0 Å². The van der Waals surface area contributed by atoms with Gasteiger partial charge in [0.1, 0.15) is 6.54 Å². The first-order valence-electron chi connectivity index (χ1n) is 2.98. The largest absolute Gasteiger partial charge is 0.351 e. The molecular formula is C5H7N3O3. The van der Waals surface area contributed by atoms with Crippen LogP contribution in [0.15, 0.2) is 0 Å². The molecule has 0 radical (unpaired) electrons. The summed E-state index contributed by atoms with van der Waals surface area (Å²) in [6.45, 7) is -0.421. The summed E-state index contributed by atoms with van der Waals surface area (Å²) in [5.41, 5.74) is 4.81. The van der Waals surface area contributed by atoms with Crippen LogP contribution in [-0.2, 0) is 9.59 Å². The van der Waals surface area contributed by atoms with E-state index in [1.54, 1.807) is 0 Å². The van der Waals surface area contributed by atoms with E-state index in [2.05, 4.69) is 5.32 Å². The van der Waals surface area contributed by atoms with Crippen LogP contribution in [0.1, 0.15) is 0 Å². The second kappa shape index (κ2) is 2.57. The molecule has 0 saturated carbocycles. The minimum absolute atomic E-state index is 0.151. The molecular weight excluding hydrogens is 150 g/mol. The molecule has 1 heterocycles. The molecule has 4 amide bonds. The number of amides is 4. The predicted octanol–water partition coefficient (Wildman–Crippen LogP) is -1.98. The summed E-state index contributed by atoms with van der Waals surface area (Å²) in [5.74, 6) is -0.847. The second-order valence-electron chi connectivity index (χ2n) is 2.09. The molecule has 1 aliphatic rings. The highest BCUT2D eigenvalue weighted by Gasteiger charge is 2.26. The van der Waals surface area contributed by atoms with Crippen LogP contribution in [-0.4, -0.2) is 35.8 Å². The van der Waals surface area contributed by atoms with Gasteiger partial charge >= 0.3 is 6.03 Å². The van der Waals surface area contributed by atoms with Gasteiger partial charge in [0.25, 0.3) is 0 Å². The van der Waals surface area contributed by atoms with Gasteiger partial charge in [0, 0.05) is 0 Å². The molecule has 1 rings (SSSR count). The Kier molecular flexibility index (Phi) is 1.75. The maximum absolute atomic E-state index is 10.8. The lowest BCUT2D eigenvalue weighted by Crippen LogP contribution is -2.55. The third kappa shape index (κ3) is 1.46. The summed E-state index contributed by atoms with van der Waals surface area (Å²) < 4.78 is 0.